The fraction of sp³-hybridized carbons (Fsp3) is 0.500. The molecule has 1 aromatic carbocycles. The Morgan fingerprint density at radius 3 is 2.78 bits per heavy atom. The van der Waals surface area contributed by atoms with Crippen LogP contribution in [0.3, 0.4) is 0 Å². The molecule has 1 nitrogen and oxygen atoms in total. The second kappa shape index (κ2) is 6.58. The molecule has 0 heterocycles. The maximum atomic E-state index is 13.0. The number of carbonyl (C=O) groups excluding carboxylic acids is 1. The first-order valence-corrected chi connectivity index (χ1v) is 7.65. The van der Waals surface area contributed by atoms with Crippen molar-refractivity contribution in [2.45, 2.75) is 37.4 Å². The third kappa shape index (κ3) is 3.99. The normalized spacial score (nSPS) is 16.1. The fourth-order valence-corrected chi connectivity index (χ4v) is 3.59. The molecule has 0 unspecified atom stereocenters. The van der Waals surface area contributed by atoms with Crippen LogP contribution < -0.4 is 0 Å². The van der Waals surface area contributed by atoms with Crippen molar-refractivity contribution in [3.8, 4) is 0 Å². The number of ketones is 1. The average molecular weight is 287 g/mol. The zero-order chi connectivity index (χ0) is 13.0. The van der Waals surface area contributed by atoms with Gasteiger partial charge >= 0.3 is 0 Å². The van der Waals surface area contributed by atoms with E-state index in [1.807, 2.05) is 0 Å². The van der Waals surface area contributed by atoms with E-state index in [0.717, 1.165) is 5.56 Å². The predicted molar refractivity (Wildman–Crippen MR) is 74.8 cm³/mol. The Labute approximate surface area is 116 Å². The summed E-state index contributed by atoms with van der Waals surface area (Å²) in [4.78, 5) is 11.8. The summed E-state index contributed by atoms with van der Waals surface area (Å²) < 4.78 is 13.0. The van der Waals surface area contributed by atoms with E-state index < -0.39 is 5.82 Å². The van der Waals surface area contributed by atoms with Gasteiger partial charge in [0.1, 0.15) is 11.6 Å². The van der Waals surface area contributed by atoms with Gasteiger partial charge in [0.05, 0.1) is 10.8 Å². The first kappa shape index (κ1) is 13.9. The highest BCUT2D eigenvalue weighted by atomic mass is 35.5. The molecular weight excluding hydrogens is 271 g/mol. The molecule has 0 saturated heterocycles. The molecular formula is C14H16ClFOS. The lowest BCUT2D eigenvalue weighted by Crippen LogP contribution is -2.09. The first-order chi connectivity index (χ1) is 8.65. The summed E-state index contributed by atoms with van der Waals surface area (Å²) in [6.45, 7) is 0. The summed E-state index contributed by atoms with van der Waals surface area (Å²) in [5, 5.41) is 0.745. The zero-order valence-electron chi connectivity index (χ0n) is 10.1. The van der Waals surface area contributed by atoms with Crippen LogP contribution in [0.1, 0.15) is 31.2 Å². The van der Waals surface area contributed by atoms with Crippen molar-refractivity contribution in [3.05, 3.63) is 34.6 Å². The highest BCUT2D eigenvalue weighted by Gasteiger charge is 2.16. The summed E-state index contributed by atoms with van der Waals surface area (Å²) >= 11 is 7.45. The summed E-state index contributed by atoms with van der Waals surface area (Å²) in [5.41, 5.74) is 0.790. The van der Waals surface area contributed by atoms with Crippen LogP contribution in [0.2, 0.25) is 5.02 Å². The van der Waals surface area contributed by atoms with Gasteiger partial charge in [-0.25, -0.2) is 4.39 Å². The van der Waals surface area contributed by atoms with Gasteiger partial charge in [-0.15, -0.1) is 0 Å². The molecule has 1 aromatic rings. The van der Waals surface area contributed by atoms with Crippen LogP contribution in [0.15, 0.2) is 18.2 Å². The van der Waals surface area contributed by atoms with E-state index in [4.69, 9.17) is 11.6 Å². The van der Waals surface area contributed by atoms with Gasteiger partial charge in [-0.3, -0.25) is 4.79 Å². The molecule has 1 aliphatic rings. The molecule has 0 amide bonds. The molecule has 0 N–H and O–H groups in total. The van der Waals surface area contributed by atoms with E-state index in [9.17, 15) is 9.18 Å². The number of benzene rings is 1. The van der Waals surface area contributed by atoms with Crippen LogP contribution in [0, 0.1) is 5.82 Å². The van der Waals surface area contributed by atoms with Crippen LogP contribution in [0.4, 0.5) is 4.39 Å². The van der Waals surface area contributed by atoms with Crippen molar-refractivity contribution in [3.63, 3.8) is 0 Å². The molecule has 2 rings (SSSR count). The Balaban J connectivity index is 1.80. The Bertz CT molecular complexity index is 430. The minimum absolute atomic E-state index is 0.0868. The summed E-state index contributed by atoms with van der Waals surface area (Å²) in [6, 6.07) is 4.48. The van der Waals surface area contributed by atoms with Crippen LogP contribution in [0.5, 0.6) is 0 Å². The highest BCUT2D eigenvalue weighted by Crippen LogP contribution is 2.29. The van der Waals surface area contributed by atoms with Crippen molar-refractivity contribution in [1.82, 2.24) is 0 Å². The monoisotopic (exact) mass is 286 g/mol. The Hall–Kier alpha value is -0.540. The first-order valence-electron chi connectivity index (χ1n) is 6.22. The van der Waals surface area contributed by atoms with Crippen LogP contribution in [0.25, 0.3) is 0 Å². The molecule has 1 fully saturated rings. The van der Waals surface area contributed by atoms with Crippen LogP contribution in [-0.2, 0) is 11.2 Å². The molecule has 0 aromatic heterocycles. The fourth-order valence-electron chi connectivity index (χ4n) is 2.19. The van der Waals surface area contributed by atoms with Crippen LogP contribution in [-0.4, -0.2) is 16.8 Å². The van der Waals surface area contributed by atoms with E-state index >= 15 is 0 Å². The van der Waals surface area contributed by atoms with Gasteiger partial charge < -0.3 is 0 Å². The summed E-state index contributed by atoms with van der Waals surface area (Å²) in [7, 11) is 0. The number of rotatable bonds is 5. The van der Waals surface area contributed by atoms with Crippen molar-refractivity contribution in [2.75, 3.05) is 5.75 Å². The molecule has 0 bridgehead atoms. The number of halogens is 2. The molecule has 1 aliphatic carbocycles. The number of Topliss-reactive ketones (excluding diaryl/α,β-unsaturated/α-hetero) is 1. The van der Waals surface area contributed by atoms with Gasteiger partial charge in [0.2, 0.25) is 0 Å². The molecule has 4 heteroatoms. The van der Waals surface area contributed by atoms with Gasteiger partial charge in [-0.1, -0.05) is 30.5 Å². The summed E-state index contributed by atoms with van der Waals surface area (Å²) in [5.74, 6) is 0.308. The lowest BCUT2D eigenvalue weighted by molar-refractivity contribution is -0.116. The predicted octanol–water partition coefficient (Wildman–Crippen LogP) is 4.27. The van der Waals surface area contributed by atoms with E-state index in [1.54, 1.807) is 17.8 Å². The van der Waals surface area contributed by atoms with Crippen molar-refractivity contribution >= 4 is 29.1 Å². The van der Waals surface area contributed by atoms with Crippen LogP contribution >= 0.6 is 23.4 Å². The zero-order valence-corrected chi connectivity index (χ0v) is 11.7. The van der Waals surface area contributed by atoms with Gasteiger partial charge in [-0.05, 0) is 30.5 Å². The van der Waals surface area contributed by atoms with E-state index in [1.165, 1.54) is 37.8 Å². The maximum absolute atomic E-state index is 13.0. The van der Waals surface area contributed by atoms with Crippen molar-refractivity contribution < 1.29 is 9.18 Å². The number of hydrogen-bond acceptors (Lipinski definition) is 2. The maximum Gasteiger partial charge on any atom is 0.147 e. The smallest absolute Gasteiger partial charge is 0.147 e. The standard InChI is InChI=1S/C14H16ClFOS/c15-13-8-10(5-6-14(13)16)7-11(17)9-18-12-3-1-2-4-12/h5-6,8,12H,1-4,7,9H2. The lowest BCUT2D eigenvalue weighted by atomic mass is 10.1. The van der Waals surface area contributed by atoms with Crippen molar-refractivity contribution in [1.29, 1.82) is 0 Å². The molecule has 18 heavy (non-hydrogen) atoms. The third-order valence-corrected chi connectivity index (χ3v) is 4.89. The lowest BCUT2D eigenvalue weighted by Gasteiger charge is -2.08. The quantitative estimate of drug-likeness (QED) is 0.804. The molecule has 98 valence electrons. The van der Waals surface area contributed by atoms with E-state index in [2.05, 4.69) is 0 Å². The van der Waals surface area contributed by atoms with E-state index in [0.29, 0.717) is 17.4 Å². The second-order valence-corrected chi connectivity index (χ2v) is 6.38. The Kier molecular flexibility index (Phi) is 5.07. The number of hydrogen-bond donors (Lipinski definition) is 0. The van der Waals surface area contributed by atoms with Gasteiger partial charge in [-0.2, -0.15) is 11.8 Å². The van der Waals surface area contributed by atoms with Crippen molar-refractivity contribution in [2.24, 2.45) is 0 Å². The minimum atomic E-state index is -0.437. The average Bonchev–Trinajstić information content (AvgIpc) is 2.84. The minimum Gasteiger partial charge on any atom is -0.298 e. The molecule has 0 radical (unpaired) electrons. The van der Waals surface area contributed by atoms with E-state index in [-0.39, 0.29) is 10.8 Å². The number of thioether (sulfide) groups is 1. The SMILES string of the molecule is O=C(CSC1CCCC1)Cc1ccc(F)c(Cl)c1. The van der Waals surface area contributed by atoms with Gasteiger partial charge in [0.15, 0.2) is 0 Å². The largest absolute Gasteiger partial charge is 0.298 e. The highest BCUT2D eigenvalue weighted by molar-refractivity contribution is 8.00. The molecule has 1 saturated carbocycles. The Morgan fingerprint density at radius 2 is 2.11 bits per heavy atom. The topological polar surface area (TPSA) is 17.1 Å². The molecule has 0 aliphatic heterocycles. The summed E-state index contributed by atoms with van der Waals surface area (Å²) in [6.07, 6.45) is 5.40. The third-order valence-electron chi connectivity index (χ3n) is 3.17. The number of carbonyl (C=O) groups is 1. The Morgan fingerprint density at radius 1 is 1.39 bits per heavy atom. The molecule has 0 atom stereocenters. The van der Waals surface area contributed by atoms with Gasteiger partial charge in [0.25, 0.3) is 0 Å². The van der Waals surface area contributed by atoms with Gasteiger partial charge in [0, 0.05) is 11.7 Å². The second-order valence-electron chi connectivity index (χ2n) is 4.68. The molecule has 0 spiro atoms.